The predicted octanol–water partition coefficient (Wildman–Crippen LogP) is 2.12. The molecule has 0 atom stereocenters. The number of amides is 1. The van der Waals surface area contributed by atoms with E-state index >= 15 is 0 Å². The van der Waals surface area contributed by atoms with E-state index in [9.17, 15) is 9.90 Å². The van der Waals surface area contributed by atoms with Crippen molar-refractivity contribution in [2.75, 3.05) is 6.61 Å². The smallest absolute Gasteiger partial charge is 0.258 e. The molecule has 114 valence electrons. The highest BCUT2D eigenvalue weighted by Crippen LogP contribution is 2.23. The summed E-state index contributed by atoms with van der Waals surface area (Å²) in [5.41, 5.74) is 1.55. The van der Waals surface area contributed by atoms with Gasteiger partial charge in [-0.1, -0.05) is 19.0 Å². The first kappa shape index (κ1) is 15.4. The van der Waals surface area contributed by atoms with Gasteiger partial charge >= 0.3 is 0 Å². The number of fused-ring (bicyclic) bond motifs is 1. The van der Waals surface area contributed by atoms with Crippen molar-refractivity contribution in [2.45, 2.75) is 46.1 Å². The Morgan fingerprint density at radius 1 is 1.38 bits per heavy atom. The minimum Gasteiger partial charge on any atom is -0.394 e. The molecule has 2 aromatic rings. The predicted molar refractivity (Wildman–Crippen MR) is 79.1 cm³/mol. The second-order valence-electron chi connectivity index (χ2n) is 5.36. The minimum atomic E-state index is -0.606. The Bertz CT molecular complexity index is 651. The maximum atomic E-state index is 12.6. The molecular formula is C15H21N3O3. The topological polar surface area (TPSA) is 88.2 Å². The lowest BCUT2D eigenvalue weighted by molar-refractivity contribution is 0.0819. The lowest BCUT2D eigenvalue weighted by Gasteiger charge is -2.30. The number of carbonyl (C=O) groups excluding carboxylic acids is 1. The van der Waals surface area contributed by atoms with Gasteiger partial charge in [0.05, 0.1) is 28.8 Å². The molecule has 1 amide bonds. The van der Waals surface area contributed by atoms with Crippen LogP contribution in [0.3, 0.4) is 0 Å². The Hall–Kier alpha value is -1.95. The van der Waals surface area contributed by atoms with Gasteiger partial charge in [-0.05, 0) is 32.8 Å². The summed E-state index contributed by atoms with van der Waals surface area (Å²) in [4.78, 5) is 16.9. The van der Waals surface area contributed by atoms with Gasteiger partial charge < -0.3 is 14.9 Å². The van der Waals surface area contributed by atoms with Crippen molar-refractivity contribution in [3.8, 4) is 0 Å². The Kier molecular flexibility index (Phi) is 4.27. The molecule has 6 heteroatoms. The van der Waals surface area contributed by atoms with Crippen molar-refractivity contribution in [1.82, 2.24) is 15.5 Å². The van der Waals surface area contributed by atoms with Crippen molar-refractivity contribution < 1.29 is 14.4 Å². The van der Waals surface area contributed by atoms with E-state index in [1.54, 1.807) is 19.9 Å². The third-order valence-corrected chi connectivity index (χ3v) is 4.02. The Morgan fingerprint density at radius 3 is 2.62 bits per heavy atom. The summed E-state index contributed by atoms with van der Waals surface area (Å²) in [5, 5.41) is 17.0. The molecule has 2 N–H and O–H groups in total. The largest absolute Gasteiger partial charge is 0.394 e. The van der Waals surface area contributed by atoms with E-state index in [4.69, 9.17) is 4.52 Å². The number of carbonyl (C=O) groups is 1. The van der Waals surface area contributed by atoms with Crippen LogP contribution in [0.4, 0.5) is 0 Å². The molecular weight excluding hydrogens is 270 g/mol. The average Bonchev–Trinajstić information content (AvgIpc) is 2.85. The van der Waals surface area contributed by atoms with Crippen molar-refractivity contribution >= 4 is 17.0 Å². The van der Waals surface area contributed by atoms with Crippen LogP contribution in [-0.4, -0.2) is 33.3 Å². The molecule has 0 saturated heterocycles. The second kappa shape index (κ2) is 5.81. The normalized spacial score (nSPS) is 11.9. The van der Waals surface area contributed by atoms with Gasteiger partial charge in [-0.3, -0.25) is 4.79 Å². The first-order valence-corrected chi connectivity index (χ1v) is 7.13. The summed E-state index contributed by atoms with van der Waals surface area (Å²) >= 11 is 0. The highest BCUT2D eigenvalue weighted by Gasteiger charge is 2.29. The minimum absolute atomic E-state index is 0.0957. The monoisotopic (exact) mass is 291 g/mol. The van der Waals surface area contributed by atoms with Gasteiger partial charge in [0, 0.05) is 5.69 Å². The van der Waals surface area contributed by atoms with Crippen LogP contribution in [-0.2, 0) is 0 Å². The molecule has 0 fully saturated rings. The zero-order chi connectivity index (χ0) is 15.6. The molecule has 2 heterocycles. The van der Waals surface area contributed by atoms with E-state index in [0.29, 0.717) is 40.9 Å². The Balaban J connectivity index is 2.46. The second-order valence-corrected chi connectivity index (χ2v) is 5.36. The van der Waals surface area contributed by atoms with Gasteiger partial charge in [-0.25, -0.2) is 4.98 Å². The molecule has 2 aromatic heterocycles. The molecule has 0 aliphatic carbocycles. The fourth-order valence-electron chi connectivity index (χ4n) is 2.39. The molecule has 21 heavy (non-hydrogen) atoms. The molecule has 0 saturated carbocycles. The zero-order valence-electron chi connectivity index (χ0n) is 12.9. The lowest BCUT2D eigenvalue weighted by Crippen LogP contribution is -2.50. The molecule has 0 spiro atoms. The molecule has 0 aliphatic rings. The van der Waals surface area contributed by atoms with Gasteiger partial charge in [-0.2, -0.15) is 0 Å². The first-order chi connectivity index (χ1) is 9.96. The fourth-order valence-corrected chi connectivity index (χ4v) is 2.39. The van der Waals surface area contributed by atoms with E-state index in [1.807, 2.05) is 13.8 Å². The summed E-state index contributed by atoms with van der Waals surface area (Å²) in [6.07, 6.45) is 1.31. The van der Waals surface area contributed by atoms with Crippen molar-refractivity contribution in [1.29, 1.82) is 0 Å². The maximum absolute atomic E-state index is 12.6. The number of nitrogens with one attached hydrogen (secondary N) is 1. The maximum Gasteiger partial charge on any atom is 0.258 e. The number of rotatable bonds is 5. The number of aliphatic hydroxyl groups excluding tert-OH is 1. The summed E-state index contributed by atoms with van der Waals surface area (Å²) in [7, 11) is 0. The molecule has 0 aliphatic heterocycles. The zero-order valence-corrected chi connectivity index (χ0v) is 12.9. The third kappa shape index (κ3) is 2.76. The molecule has 2 rings (SSSR count). The van der Waals surface area contributed by atoms with Crippen LogP contribution in [0.15, 0.2) is 10.6 Å². The fraction of sp³-hybridized carbons (Fsp3) is 0.533. The Morgan fingerprint density at radius 2 is 2.05 bits per heavy atom. The SMILES string of the molecule is CCC(CC)(CO)NC(=O)c1cc(C)nc2onc(C)c12. The van der Waals surface area contributed by atoms with Crippen LogP contribution in [0, 0.1) is 13.8 Å². The van der Waals surface area contributed by atoms with Crippen LogP contribution in [0.1, 0.15) is 48.4 Å². The van der Waals surface area contributed by atoms with E-state index < -0.39 is 5.54 Å². The molecule has 6 nitrogen and oxygen atoms in total. The van der Waals surface area contributed by atoms with Crippen LogP contribution < -0.4 is 5.32 Å². The van der Waals surface area contributed by atoms with Crippen molar-refractivity contribution in [3.05, 3.63) is 23.0 Å². The van der Waals surface area contributed by atoms with Crippen LogP contribution in [0.2, 0.25) is 0 Å². The van der Waals surface area contributed by atoms with Gasteiger partial charge in [0.15, 0.2) is 0 Å². The van der Waals surface area contributed by atoms with Crippen molar-refractivity contribution in [2.24, 2.45) is 0 Å². The number of pyridine rings is 1. The van der Waals surface area contributed by atoms with Crippen LogP contribution in [0.5, 0.6) is 0 Å². The molecule has 0 aromatic carbocycles. The van der Waals surface area contributed by atoms with Crippen LogP contribution >= 0.6 is 0 Å². The van der Waals surface area contributed by atoms with Gasteiger partial charge in [0.2, 0.25) is 0 Å². The van der Waals surface area contributed by atoms with E-state index in [0.717, 1.165) is 0 Å². The lowest BCUT2D eigenvalue weighted by atomic mass is 9.93. The van der Waals surface area contributed by atoms with E-state index in [1.165, 1.54) is 0 Å². The highest BCUT2D eigenvalue weighted by atomic mass is 16.5. The number of aromatic nitrogens is 2. The standard InChI is InChI=1S/C15H21N3O3/c1-5-15(6-2,8-19)17-13(20)11-7-9(3)16-14-12(11)10(4)18-21-14/h7,19H,5-6,8H2,1-4H3,(H,17,20). The van der Waals surface area contributed by atoms with E-state index in [2.05, 4.69) is 15.5 Å². The number of nitrogens with zero attached hydrogens (tertiary/aromatic N) is 2. The number of aryl methyl sites for hydroxylation is 2. The summed E-state index contributed by atoms with van der Waals surface area (Å²) < 4.78 is 5.14. The average molecular weight is 291 g/mol. The molecule has 0 radical (unpaired) electrons. The summed E-state index contributed by atoms with van der Waals surface area (Å²) in [6, 6.07) is 1.72. The quantitative estimate of drug-likeness (QED) is 0.881. The summed E-state index contributed by atoms with van der Waals surface area (Å²) in [6.45, 7) is 7.36. The number of hydrogen-bond acceptors (Lipinski definition) is 5. The first-order valence-electron chi connectivity index (χ1n) is 7.13. The van der Waals surface area contributed by atoms with Gasteiger partial charge in [0.25, 0.3) is 11.6 Å². The third-order valence-electron chi connectivity index (χ3n) is 4.02. The highest BCUT2D eigenvalue weighted by molar-refractivity contribution is 6.06. The van der Waals surface area contributed by atoms with Gasteiger partial charge in [0.1, 0.15) is 0 Å². The van der Waals surface area contributed by atoms with E-state index in [-0.39, 0.29) is 12.5 Å². The van der Waals surface area contributed by atoms with Crippen LogP contribution in [0.25, 0.3) is 11.1 Å². The summed E-state index contributed by atoms with van der Waals surface area (Å²) in [5.74, 6) is -0.241. The molecule has 0 bridgehead atoms. The van der Waals surface area contributed by atoms with Crippen molar-refractivity contribution in [3.63, 3.8) is 0 Å². The number of hydrogen-bond donors (Lipinski definition) is 2. The number of aliphatic hydroxyl groups is 1. The Labute approximate surface area is 123 Å². The molecule has 0 unspecified atom stereocenters. The van der Waals surface area contributed by atoms with Gasteiger partial charge in [-0.15, -0.1) is 0 Å².